The van der Waals surface area contributed by atoms with Gasteiger partial charge >= 0.3 is 18.1 Å². The fraction of sp³-hybridized carbons (Fsp3) is 0.304. The van der Waals surface area contributed by atoms with Gasteiger partial charge < -0.3 is 14.9 Å². The SMILES string of the molecule is CC(c1ccccc1)N1CC(COc2cccc(C(F)(F)F)c2)C1C(=CC(=O)O)C(=O)O. The summed E-state index contributed by atoms with van der Waals surface area (Å²) in [5, 5.41) is 18.8. The van der Waals surface area contributed by atoms with Gasteiger partial charge in [-0.3, -0.25) is 4.90 Å². The van der Waals surface area contributed by atoms with Crippen LogP contribution in [0.15, 0.2) is 66.2 Å². The number of likely N-dealkylation sites (tertiary alicyclic amines) is 1. The number of aliphatic carboxylic acids is 2. The van der Waals surface area contributed by atoms with Crippen molar-refractivity contribution in [3.63, 3.8) is 0 Å². The van der Waals surface area contributed by atoms with Gasteiger partial charge in [0, 0.05) is 24.6 Å². The van der Waals surface area contributed by atoms with Crippen LogP contribution < -0.4 is 4.74 Å². The lowest BCUT2D eigenvalue weighted by atomic mass is 9.81. The molecule has 3 atom stereocenters. The standard InChI is InChI=1S/C23H22F3NO5/c1-14(15-6-3-2-4-7-15)27-12-16(21(27)19(22(30)31)11-20(28)29)13-32-18-9-5-8-17(10-18)23(24,25)26/h2-11,14,16,21H,12-13H2,1H3,(H,28,29)(H,30,31). The quantitative estimate of drug-likeness (QED) is 0.587. The van der Waals surface area contributed by atoms with Crippen molar-refractivity contribution in [3.8, 4) is 5.75 Å². The average Bonchev–Trinajstić information content (AvgIpc) is 2.72. The monoisotopic (exact) mass is 449 g/mol. The number of carboxylic acids is 2. The summed E-state index contributed by atoms with van der Waals surface area (Å²) in [4.78, 5) is 24.9. The second-order valence-electron chi connectivity index (χ2n) is 7.57. The second kappa shape index (κ2) is 9.44. The van der Waals surface area contributed by atoms with Crippen molar-refractivity contribution in [1.29, 1.82) is 0 Å². The van der Waals surface area contributed by atoms with Crippen molar-refractivity contribution in [1.82, 2.24) is 4.90 Å². The van der Waals surface area contributed by atoms with Gasteiger partial charge in [-0.2, -0.15) is 13.2 Å². The molecule has 1 aliphatic heterocycles. The number of nitrogens with zero attached hydrogens (tertiary/aromatic N) is 1. The number of ether oxygens (including phenoxy) is 1. The molecule has 1 saturated heterocycles. The van der Waals surface area contributed by atoms with Gasteiger partial charge in [0.15, 0.2) is 0 Å². The number of halogens is 3. The number of rotatable bonds is 8. The molecule has 2 aromatic carbocycles. The van der Waals surface area contributed by atoms with Crippen LogP contribution in [-0.4, -0.2) is 46.2 Å². The van der Waals surface area contributed by atoms with Crippen LogP contribution in [0.25, 0.3) is 0 Å². The zero-order chi connectivity index (χ0) is 23.5. The maximum absolute atomic E-state index is 12.9. The summed E-state index contributed by atoms with van der Waals surface area (Å²) in [6.07, 6.45) is -3.85. The van der Waals surface area contributed by atoms with Crippen molar-refractivity contribution in [2.24, 2.45) is 5.92 Å². The van der Waals surface area contributed by atoms with Gasteiger partial charge in [-0.15, -0.1) is 0 Å². The fourth-order valence-electron chi connectivity index (χ4n) is 3.89. The topological polar surface area (TPSA) is 87.1 Å². The maximum Gasteiger partial charge on any atom is 0.416 e. The smallest absolute Gasteiger partial charge is 0.416 e. The highest BCUT2D eigenvalue weighted by Crippen LogP contribution is 2.39. The van der Waals surface area contributed by atoms with Gasteiger partial charge in [0.25, 0.3) is 0 Å². The van der Waals surface area contributed by atoms with Gasteiger partial charge in [-0.25, -0.2) is 9.59 Å². The van der Waals surface area contributed by atoms with E-state index in [0.717, 1.165) is 17.7 Å². The lowest BCUT2D eigenvalue weighted by Gasteiger charge is -2.51. The normalized spacial score (nSPS) is 20.3. The van der Waals surface area contributed by atoms with E-state index in [1.807, 2.05) is 42.2 Å². The van der Waals surface area contributed by atoms with E-state index in [1.165, 1.54) is 12.1 Å². The molecule has 2 N–H and O–H groups in total. The highest BCUT2D eigenvalue weighted by atomic mass is 19.4. The third-order valence-corrected chi connectivity index (χ3v) is 5.50. The molecule has 6 nitrogen and oxygen atoms in total. The van der Waals surface area contributed by atoms with Crippen molar-refractivity contribution in [2.75, 3.05) is 13.2 Å². The molecule has 0 bridgehead atoms. The van der Waals surface area contributed by atoms with Gasteiger partial charge in [-0.1, -0.05) is 36.4 Å². The minimum absolute atomic E-state index is 0.00669. The molecule has 0 aromatic heterocycles. The first kappa shape index (κ1) is 23.3. The Kier molecular flexibility index (Phi) is 6.88. The zero-order valence-electron chi connectivity index (χ0n) is 17.1. The highest BCUT2D eigenvalue weighted by molar-refractivity contribution is 5.96. The first-order valence-corrected chi connectivity index (χ1v) is 9.86. The van der Waals surface area contributed by atoms with Crippen LogP contribution in [0, 0.1) is 5.92 Å². The minimum Gasteiger partial charge on any atom is -0.493 e. The van der Waals surface area contributed by atoms with Crippen LogP contribution in [0.3, 0.4) is 0 Å². The molecule has 0 amide bonds. The summed E-state index contributed by atoms with van der Waals surface area (Å²) in [7, 11) is 0. The van der Waals surface area contributed by atoms with Crippen LogP contribution in [-0.2, 0) is 15.8 Å². The Hall–Kier alpha value is -3.33. The molecule has 1 aliphatic rings. The van der Waals surface area contributed by atoms with Crippen LogP contribution >= 0.6 is 0 Å². The Morgan fingerprint density at radius 2 is 1.84 bits per heavy atom. The number of carboxylic acid groups (broad SMARTS) is 2. The Balaban J connectivity index is 1.82. The molecular formula is C23H22F3NO5. The molecule has 3 unspecified atom stereocenters. The summed E-state index contributed by atoms with van der Waals surface area (Å²) in [5.74, 6) is -3.17. The van der Waals surface area contributed by atoms with E-state index >= 15 is 0 Å². The van der Waals surface area contributed by atoms with Crippen LogP contribution in [0.2, 0.25) is 0 Å². The van der Waals surface area contributed by atoms with E-state index in [9.17, 15) is 27.9 Å². The van der Waals surface area contributed by atoms with Crippen LogP contribution in [0.1, 0.15) is 24.1 Å². The number of hydrogen-bond donors (Lipinski definition) is 2. The number of carbonyl (C=O) groups is 2. The zero-order valence-corrected chi connectivity index (χ0v) is 17.1. The van der Waals surface area contributed by atoms with E-state index in [1.54, 1.807) is 0 Å². The van der Waals surface area contributed by atoms with E-state index in [2.05, 4.69) is 0 Å². The lowest BCUT2D eigenvalue weighted by molar-refractivity contribution is -0.138. The largest absolute Gasteiger partial charge is 0.493 e. The number of benzene rings is 2. The van der Waals surface area contributed by atoms with Gasteiger partial charge in [0.05, 0.1) is 23.8 Å². The average molecular weight is 449 g/mol. The first-order valence-electron chi connectivity index (χ1n) is 9.86. The first-order chi connectivity index (χ1) is 15.1. The Morgan fingerprint density at radius 3 is 2.44 bits per heavy atom. The molecule has 1 fully saturated rings. The molecule has 2 aromatic rings. The van der Waals surface area contributed by atoms with Gasteiger partial charge in [-0.05, 0) is 30.7 Å². The van der Waals surface area contributed by atoms with Crippen molar-refractivity contribution in [3.05, 3.63) is 77.4 Å². The molecule has 170 valence electrons. The molecule has 0 spiro atoms. The van der Waals surface area contributed by atoms with Gasteiger partial charge in [0.1, 0.15) is 5.75 Å². The van der Waals surface area contributed by atoms with Crippen molar-refractivity contribution >= 4 is 11.9 Å². The third-order valence-electron chi connectivity index (χ3n) is 5.50. The fourth-order valence-corrected chi connectivity index (χ4v) is 3.89. The molecule has 3 rings (SSSR count). The van der Waals surface area contributed by atoms with E-state index in [0.29, 0.717) is 12.6 Å². The second-order valence-corrected chi connectivity index (χ2v) is 7.57. The Morgan fingerprint density at radius 1 is 1.16 bits per heavy atom. The number of hydrogen-bond acceptors (Lipinski definition) is 4. The summed E-state index contributed by atoms with van der Waals surface area (Å²) in [5.41, 5.74) is -0.226. The highest BCUT2D eigenvalue weighted by Gasteiger charge is 2.46. The van der Waals surface area contributed by atoms with Crippen LogP contribution in [0.5, 0.6) is 5.75 Å². The van der Waals surface area contributed by atoms with E-state index in [-0.39, 0.29) is 24.0 Å². The molecule has 0 radical (unpaired) electrons. The summed E-state index contributed by atoms with van der Waals surface area (Å²) >= 11 is 0. The van der Waals surface area contributed by atoms with Crippen LogP contribution in [0.4, 0.5) is 13.2 Å². The van der Waals surface area contributed by atoms with Crippen molar-refractivity contribution in [2.45, 2.75) is 25.2 Å². The molecule has 1 heterocycles. The summed E-state index contributed by atoms with van der Waals surface area (Å²) in [6.45, 7) is 2.21. The molecule has 0 saturated carbocycles. The van der Waals surface area contributed by atoms with Gasteiger partial charge in [0.2, 0.25) is 0 Å². The Bertz CT molecular complexity index is 1010. The summed E-state index contributed by atoms with van der Waals surface area (Å²) in [6, 6.07) is 12.8. The minimum atomic E-state index is -4.51. The molecule has 0 aliphatic carbocycles. The third kappa shape index (κ3) is 5.28. The van der Waals surface area contributed by atoms with E-state index < -0.39 is 35.6 Å². The lowest BCUT2D eigenvalue weighted by Crippen LogP contribution is -2.60. The summed E-state index contributed by atoms with van der Waals surface area (Å²) < 4.78 is 44.3. The predicted octanol–water partition coefficient (Wildman–Crippen LogP) is 4.24. The molecular weight excluding hydrogens is 427 g/mol. The maximum atomic E-state index is 12.9. The number of alkyl halides is 3. The molecule has 9 heteroatoms. The van der Waals surface area contributed by atoms with E-state index in [4.69, 9.17) is 9.84 Å². The Labute approximate surface area is 182 Å². The van der Waals surface area contributed by atoms with Crippen molar-refractivity contribution < 1.29 is 37.7 Å². The predicted molar refractivity (Wildman–Crippen MR) is 109 cm³/mol. The molecule has 32 heavy (non-hydrogen) atoms.